The number of nitrogens with one attached hydrogen (secondary N) is 1. The third-order valence-corrected chi connectivity index (χ3v) is 6.35. The van der Waals surface area contributed by atoms with E-state index in [2.05, 4.69) is 48.3 Å². The zero-order chi connectivity index (χ0) is 21.2. The molecule has 0 spiro atoms. The summed E-state index contributed by atoms with van der Waals surface area (Å²) < 4.78 is 6.37. The topological polar surface area (TPSA) is 92.4 Å². The largest absolute Gasteiger partial charge is 0.497 e. The number of hydrogen-bond acceptors (Lipinski definition) is 9. The van der Waals surface area contributed by atoms with Gasteiger partial charge in [0, 0.05) is 31.9 Å². The number of nitrogen functional groups attached to an aromatic ring is 1. The number of fused-ring (bicyclic) bond motifs is 1. The summed E-state index contributed by atoms with van der Waals surface area (Å²) in [5.41, 5.74) is 9.14. The Hall–Kier alpha value is -3.59. The summed E-state index contributed by atoms with van der Waals surface area (Å²) in [6, 6.07) is 16.2. The molecule has 158 valence electrons. The number of rotatable bonds is 5. The van der Waals surface area contributed by atoms with Crippen LogP contribution in [0.25, 0.3) is 10.2 Å². The molecule has 3 heterocycles. The number of benzene rings is 2. The maximum atomic E-state index is 6.45. The number of anilines is 5. The standard InChI is InChI=1S/C22H23N7OS/c1-30-16-8-6-15(7-9-16)28-10-12-29(13-11-28)21-19(23)20(24-14-25-21)27-22-26-17-4-2-3-5-18(17)31-22/h2-9,14H,10-13,23H2,1H3,(H,24,25,26,27). The predicted octanol–water partition coefficient (Wildman–Crippen LogP) is 3.75. The summed E-state index contributed by atoms with van der Waals surface area (Å²) in [5, 5.41) is 4.03. The molecule has 0 saturated carbocycles. The van der Waals surface area contributed by atoms with E-state index < -0.39 is 0 Å². The molecule has 2 aromatic heterocycles. The van der Waals surface area contributed by atoms with Crippen LogP contribution in [0.5, 0.6) is 5.75 Å². The van der Waals surface area contributed by atoms with Crippen molar-refractivity contribution in [2.24, 2.45) is 0 Å². The van der Waals surface area contributed by atoms with E-state index in [1.165, 1.54) is 5.69 Å². The van der Waals surface area contributed by atoms with Gasteiger partial charge >= 0.3 is 0 Å². The molecule has 31 heavy (non-hydrogen) atoms. The number of nitrogens with two attached hydrogens (primary N) is 1. The second-order valence-corrected chi connectivity index (χ2v) is 8.27. The van der Waals surface area contributed by atoms with Crippen molar-refractivity contribution >= 4 is 49.7 Å². The van der Waals surface area contributed by atoms with Gasteiger partial charge in [-0.1, -0.05) is 23.5 Å². The van der Waals surface area contributed by atoms with Crippen LogP contribution in [0.2, 0.25) is 0 Å². The number of ether oxygens (including phenoxy) is 1. The predicted molar refractivity (Wildman–Crippen MR) is 127 cm³/mol. The number of aromatic nitrogens is 3. The lowest BCUT2D eigenvalue weighted by Crippen LogP contribution is -2.47. The van der Waals surface area contributed by atoms with Crippen LogP contribution in [-0.2, 0) is 0 Å². The third kappa shape index (κ3) is 3.91. The summed E-state index contributed by atoms with van der Waals surface area (Å²) in [5.74, 6) is 2.21. The number of nitrogens with zero attached hydrogens (tertiary/aromatic N) is 5. The molecule has 0 atom stereocenters. The molecule has 1 fully saturated rings. The molecule has 1 saturated heterocycles. The van der Waals surface area contributed by atoms with Crippen LogP contribution < -0.4 is 25.6 Å². The normalized spacial score (nSPS) is 14.1. The molecule has 1 aliphatic rings. The molecule has 9 heteroatoms. The maximum absolute atomic E-state index is 6.45. The van der Waals surface area contributed by atoms with Crippen LogP contribution in [0.4, 0.5) is 28.1 Å². The maximum Gasteiger partial charge on any atom is 0.189 e. The molecule has 3 N–H and O–H groups in total. The van der Waals surface area contributed by atoms with Gasteiger partial charge in [-0.25, -0.2) is 15.0 Å². The van der Waals surface area contributed by atoms with Gasteiger partial charge in [-0.3, -0.25) is 0 Å². The van der Waals surface area contributed by atoms with Crippen LogP contribution in [0, 0.1) is 0 Å². The third-order valence-electron chi connectivity index (χ3n) is 5.40. The van der Waals surface area contributed by atoms with E-state index in [4.69, 9.17) is 10.5 Å². The van der Waals surface area contributed by atoms with Gasteiger partial charge < -0.3 is 25.6 Å². The Morgan fingerprint density at radius 3 is 2.45 bits per heavy atom. The SMILES string of the molecule is COc1ccc(N2CCN(c3ncnc(Nc4nc5ccccc5s4)c3N)CC2)cc1. The highest BCUT2D eigenvalue weighted by atomic mass is 32.1. The highest BCUT2D eigenvalue weighted by Crippen LogP contribution is 2.33. The van der Waals surface area contributed by atoms with Crippen molar-refractivity contribution in [3.05, 3.63) is 54.9 Å². The molecule has 0 unspecified atom stereocenters. The molecule has 0 aliphatic carbocycles. The Morgan fingerprint density at radius 2 is 1.71 bits per heavy atom. The van der Waals surface area contributed by atoms with Crippen molar-refractivity contribution in [3.8, 4) is 5.75 Å². The first-order chi connectivity index (χ1) is 15.2. The van der Waals surface area contributed by atoms with Gasteiger partial charge in [0.2, 0.25) is 0 Å². The molecule has 5 rings (SSSR count). The van der Waals surface area contributed by atoms with Gasteiger partial charge in [-0.2, -0.15) is 0 Å². The van der Waals surface area contributed by atoms with Crippen molar-refractivity contribution in [2.45, 2.75) is 0 Å². The minimum atomic E-state index is 0.541. The number of para-hydroxylation sites is 1. The Bertz CT molecular complexity index is 1150. The van der Waals surface area contributed by atoms with E-state index in [-0.39, 0.29) is 0 Å². The summed E-state index contributed by atoms with van der Waals surface area (Å²) in [7, 11) is 1.68. The highest BCUT2D eigenvalue weighted by molar-refractivity contribution is 7.22. The Labute approximate surface area is 184 Å². The molecule has 8 nitrogen and oxygen atoms in total. The van der Waals surface area contributed by atoms with Crippen molar-refractivity contribution in [3.63, 3.8) is 0 Å². The van der Waals surface area contributed by atoms with E-state index in [0.717, 1.165) is 53.1 Å². The van der Waals surface area contributed by atoms with E-state index in [1.807, 2.05) is 30.3 Å². The molecule has 0 radical (unpaired) electrons. The fourth-order valence-electron chi connectivity index (χ4n) is 3.73. The van der Waals surface area contributed by atoms with Gasteiger partial charge in [-0.15, -0.1) is 0 Å². The minimum Gasteiger partial charge on any atom is -0.497 e. The first kappa shape index (κ1) is 19.4. The van der Waals surface area contributed by atoms with Crippen LogP contribution in [0.15, 0.2) is 54.9 Å². The lowest BCUT2D eigenvalue weighted by atomic mass is 10.2. The van der Waals surface area contributed by atoms with E-state index in [9.17, 15) is 0 Å². The van der Waals surface area contributed by atoms with Crippen LogP contribution in [0.1, 0.15) is 0 Å². The number of methoxy groups -OCH3 is 1. The monoisotopic (exact) mass is 433 g/mol. The molecule has 0 amide bonds. The van der Waals surface area contributed by atoms with Gasteiger partial charge in [0.15, 0.2) is 16.8 Å². The second-order valence-electron chi connectivity index (χ2n) is 7.24. The zero-order valence-electron chi connectivity index (χ0n) is 17.2. The Kier molecular flexibility index (Phi) is 5.17. The first-order valence-corrected chi connectivity index (χ1v) is 10.9. The van der Waals surface area contributed by atoms with E-state index in [0.29, 0.717) is 11.5 Å². The van der Waals surface area contributed by atoms with Crippen molar-refractivity contribution in [1.29, 1.82) is 0 Å². The van der Waals surface area contributed by atoms with E-state index in [1.54, 1.807) is 24.8 Å². The first-order valence-electron chi connectivity index (χ1n) is 10.1. The van der Waals surface area contributed by atoms with Crippen molar-refractivity contribution in [2.75, 3.05) is 54.1 Å². The van der Waals surface area contributed by atoms with Crippen LogP contribution in [-0.4, -0.2) is 48.2 Å². The molecular weight excluding hydrogens is 410 g/mol. The summed E-state index contributed by atoms with van der Waals surface area (Å²) >= 11 is 1.58. The summed E-state index contributed by atoms with van der Waals surface area (Å²) in [6.07, 6.45) is 1.55. The highest BCUT2D eigenvalue weighted by Gasteiger charge is 2.22. The van der Waals surface area contributed by atoms with Crippen LogP contribution >= 0.6 is 11.3 Å². The van der Waals surface area contributed by atoms with Gasteiger partial charge in [0.1, 0.15) is 17.8 Å². The van der Waals surface area contributed by atoms with Gasteiger partial charge in [-0.05, 0) is 36.4 Å². The average molecular weight is 434 g/mol. The number of piperazine rings is 1. The number of hydrogen-bond donors (Lipinski definition) is 2. The van der Waals surface area contributed by atoms with Crippen molar-refractivity contribution < 1.29 is 4.74 Å². The smallest absolute Gasteiger partial charge is 0.189 e. The summed E-state index contributed by atoms with van der Waals surface area (Å²) in [4.78, 5) is 18.0. The fourth-order valence-corrected chi connectivity index (χ4v) is 4.60. The zero-order valence-corrected chi connectivity index (χ0v) is 18.0. The lowest BCUT2D eigenvalue weighted by Gasteiger charge is -2.37. The quantitative estimate of drug-likeness (QED) is 0.492. The number of thiazole rings is 1. The van der Waals surface area contributed by atoms with E-state index >= 15 is 0 Å². The molecule has 1 aliphatic heterocycles. The average Bonchev–Trinajstić information content (AvgIpc) is 3.23. The van der Waals surface area contributed by atoms with Gasteiger partial charge in [0.05, 0.1) is 17.3 Å². The van der Waals surface area contributed by atoms with Gasteiger partial charge in [0.25, 0.3) is 0 Å². The molecular formula is C22H23N7OS. The molecule has 2 aromatic carbocycles. The molecule has 4 aromatic rings. The Morgan fingerprint density at radius 1 is 0.968 bits per heavy atom. The van der Waals surface area contributed by atoms with Crippen LogP contribution in [0.3, 0.4) is 0 Å². The fraction of sp³-hybridized carbons (Fsp3) is 0.227. The Balaban J connectivity index is 1.29. The second kappa shape index (κ2) is 8.27. The van der Waals surface area contributed by atoms with Crippen molar-refractivity contribution in [1.82, 2.24) is 15.0 Å². The summed E-state index contributed by atoms with van der Waals surface area (Å²) in [6.45, 7) is 3.43. The minimum absolute atomic E-state index is 0.541. The lowest BCUT2D eigenvalue weighted by molar-refractivity contribution is 0.415. The molecule has 0 bridgehead atoms.